The first-order valence-corrected chi connectivity index (χ1v) is 10.6. The van der Waals surface area contributed by atoms with Gasteiger partial charge in [-0.05, 0) is 30.9 Å². The molecule has 29 heavy (non-hydrogen) atoms. The van der Waals surface area contributed by atoms with Crippen LogP contribution in [0.2, 0.25) is 0 Å². The van der Waals surface area contributed by atoms with Gasteiger partial charge in [-0.3, -0.25) is 19.7 Å². The molecule has 2 atom stereocenters. The SMILES string of the molecule is C[C@H]1CCCC[C@@H]1NC(=O)C[NH+]1CCC(NC(=O)c2ccc([N+](=O)[O-])cc2)CC1. The van der Waals surface area contributed by atoms with Crippen LogP contribution in [0.1, 0.15) is 55.8 Å². The molecule has 2 aliphatic rings. The van der Waals surface area contributed by atoms with Crippen LogP contribution in [-0.4, -0.2) is 48.5 Å². The first-order chi connectivity index (χ1) is 13.9. The first-order valence-electron chi connectivity index (χ1n) is 10.6. The number of nitrogens with zero attached hydrogens (tertiary/aromatic N) is 1. The maximum atomic E-state index is 12.4. The summed E-state index contributed by atoms with van der Waals surface area (Å²) >= 11 is 0. The Labute approximate surface area is 171 Å². The molecule has 2 amide bonds. The zero-order chi connectivity index (χ0) is 20.8. The molecule has 1 saturated carbocycles. The Balaban J connectivity index is 1.40. The number of rotatable bonds is 6. The molecule has 1 heterocycles. The summed E-state index contributed by atoms with van der Waals surface area (Å²) in [5.74, 6) is 0.479. The number of nitro benzene ring substituents is 1. The predicted octanol–water partition coefficient (Wildman–Crippen LogP) is 1.07. The molecule has 8 heteroatoms. The minimum Gasteiger partial charge on any atom is -0.349 e. The van der Waals surface area contributed by atoms with E-state index in [0.717, 1.165) is 32.4 Å². The van der Waals surface area contributed by atoms with E-state index in [-0.39, 0.29) is 23.5 Å². The van der Waals surface area contributed by atoms with Crippen molar-refractivity contribution in [3.05, 3.63) is 39.9 Å². The number of quaternary nitrogens is 1. The molecule has 0 spiro atoms. The smallest absolute Gasteiger partial charge is 0.275 e. The lowest BCUT2D eigenvalue weighted by Gasteiger charge is -2.32. The first kappa shape index (κ1) is 21.2. The molecule has 0 aromatic heterocycles. The number of hydrogen-bond donors (Lipinski definition) is 3. The van der Waals surface area contributed by atoms with Crippen molar-refractivity contribution >= 4 is 17.5 Å². The third-order valence-electron chi connectivity index (χ3n) is 6.24. The number of nitro groups is 1. The van der Waals surface area contributed by atoms with Crippen molar-refractivity contribution < 1.29 is 19.4 Å². The van der Waals surface area contributed by atoms with Gasteiger partial charge in [0.2, 0.25) is 0 Å². The van der Waals surface area contributed by atoms with Gasteiger partial charge in [0.25, 0.3) is 17.5 Å². The Hall–Kier alpha value is -2.48. The Morgan fingerprint density at radius 3 is 2.34 bits per heavy atom. The van der Waals surface area contributed by atoms with Gasteiger partial charge in [0, 0.05) is 42.6 Å². The zero-order valence-corrected chi connectivity index (χ0v) is 17.0. The molecule has 1 saturated heterocycles. The summed E-state index contributed by atoms with van der Waals surface area (Å²) in [7, 11) is 0. The highest BCUT2D eigenvalue weighted by atomic mass is 16.6. The van der Waals surface area contributed by atoms with E-state index in [1.807, 2.05) is 0 Å². The number of likely N-dealkylation sites (tertiary alicyclic amines) is 1. The summed E-state index contributed by atoms with van der Waals surface area (Å²) < 4.78 is 0. The van der Waals surface area contributed by atoms with Crippen molar-refractivity contribution in [2.45, 2.75) is 57.5 Å². The number of hydrogen-bond acceptors (Lipinski definition) is 4. The molecule has 158 valence electrons. The van der Waals surface area contributed by atoms with Crippen LogP contribution in [0.25, 0.3) is 0 Å². The molecular formula is C21H31N4O4+. The number of amides is 2. The quantitative estimate of drug-likeness (QED) is 0.488. The van der Waals surface area contributed by atoms with Gasteiger partial charge in [0.15, 0.2) is 6.54 Å². The lowest BCUT2D eigenvalue weighted by Crippen LogP contribution is -3.14. The molecule has 1 aliphatic carbocycles. The zero-order valence-electron chi connectivity index (χ0n) is 17.0. The fourth-order valence-electron chi connectivity index (χ4n) is 4.37. The third kappa shape index (κ3) is 6.00. The molecule has 2 fully saturated rings. The average molecular weight is 404 g/mol. The highest BCUT2D eigenvalue weighted by molar-refractivity contribution is 5.94. The van der Waals surface area contributed by atoms with Crippen molar-refractivity contribution in [2.75, 3.05) is 19.6 Å². The van der Waals surface area contributed by atoms with E-state index in [9.17, 15) is 19.7 Å². The monoisotopic (exact) mass is 403 g/mol. The number of non-ortho nitro benzene ring substituents is 1. The Kier molecular flexibility index (Phi) is 7.19. The van der Waals surface area contributed by atoms with E-state index in [1.165, 1.54) is 48.4 Å². The van der Waals surface area contributed by atoms with Crippen LogP contribution in [0.4, 0.5) is 5.69 Å². The van der Waals surface area contributed by atoms with Crippen LogP contribution in [0.5, 0.6) is 0 Å². The third-order valence-corrected chi connectivity index (χ3v) is 6.24. The van der Waals surface area contributed by atoms with Gasteiger partial charge in [-0.1, -0.05) is 19.8 Å². The van der Waals surface area contributed by atoms with Gasteiger partial charge in [0.1, 0.15) is 0 Å². The maximum absolute atomic E-state index is 12.4. The lowest BCUT2D eigenvalue weighted by molar-refractivity contribution is -0.897. The topological polar surface area (TPSA) is 106 Å². The summed E-state index contributed by atoms with van der Waals surface area (Å²) in [6.45, 7) is 4.40. The summed E-state index contributed by atoms with van der Waals surface area (Å²) in [5, 5.41) is 16.9. The van der Waals surface area contributed by atoms with Crippen LogP contribution < -0.4 is 15.5 Å². The Morgan fingerprint density at radius 1 is 1.07 bits per heavy atom. The molecular weight excluding hydrogens is 372 g/mol. The second kappa shape index (κ2) is 9.82. The van der Waals surface area contributed by atoms with Crippen LogP contribution >= 0.6 is 0 Å². The van der Waals surface area contributed by atoms with Crippen molar-refractivity contribution in [1.29, 1.82) is 0 Å². The fraction of sp³-hybridized carbons (Fsp3) is 0.619. The lowest BCUT2D eigenvalue weighted by atomic mass is 9.86. The average Bonchev–Trinajstić information content (AvgIpc) is 2.71. The Morgan fingerprint density at radius 2 is 1.72 bits per heavy atom. The van der Waals surface area contributed by atoms with E-state index in [2.05, 4.69) is 17.6 Å². The van der Waals surface area contributed by atoms with Crippen molar-refractivity contribution in [1.82, 2.24) is 10.6 Å². The van der Waals surface area contributed by atoms with Crippen LogP contribution in [0.15, 0.2) is 24.3 Å². The fourth-order valence-corrected chi connectivity index (χ4v) is 4.37. The van der Waals surface area contributed by atoms with Crippen LogP contribution in [-0.2, 0) is 4.79 Å². The second-order valence-electron chi connectivity index (χ2n) is 8.41. The molecule has 3 N–H and O–H groups in total. The normalized spacial score (nSPS) is 27.1. The van der Waals surface area contributed by atoms with Crippen molar-refractivity contribution in [3.8, 4) is 0 Å². The van der Waals surface area contributed by atoms with Gasteiger partial charge in [0.05, 0.1) is 18.0 Å². The molecule has 3 rings (SSSR count). The standard InChI is InChI=1S/C21H30N4O4/c1-15-4-2-3-5-19(15)23-20(26)14-24-12-10-17(11-13-24)22-21(27)16-6-8-18(9-7-16)25(28)29/h6-9,15,17,19H,2-5,10-14H2,1H3,(H,22,27)(H,23,26)/p+1/t15-,19-/m0/s1. The number of piperidine rings is 1. The van der Waals surface area contributed by atoms with Gasteiger partial charge < -0.3 is 15.5 Å². The number of carbonyl (C=O) groups excluding carboxylic acids is 2. The molecule has 8 nitrogen and oxygen atoms in total. The second-order valence-corrected chi connectivity index (χ2v) is 8.41. The number of carbonyl (C=O) groups is 2. The molecule has 0 bridgehead atoms. The largest absolute Gasteiger partial charge is 0.349 e. The van der Waals surface area contributed by atoms with Gasteiger partial charge in [-0.25, -0.2) is 0 Å². The van der Waals surface area contributed by atoms with Gasteiger partial charge in [-0.15, -0.1) is 0 Å². The maximum Gasteiger partial charge on any atom is 0.275 e. The summed E-state index contributed by atoms with van der Waals surface area (Å²) in [4.78, 5) is 36.2. The van der Waals surface area contributed by atoms with E-state index in [1.54, 1.807) is 0 Å². The Bertz CT molecular complexity index is 729. The minimum absolute atomic E-state index is 0.0284. The van der Waals surface area contributed by atoms with Gasteiger partial charge in [-0.2, -0.15) is 0 Å². The molecule has 1 aromatic rings. The molecule has 0 unspecified atom stereocenters. The minimum atomic E-state index is -0.481. The highest BCUT2D eigenvalue weighted by Crippen LogP contribution is 2.23. The number of nitrogens with one attached hydrogen (secondary N) is 3. The molecule has 1 aromatic carbocycles. The van der Waals surface area contributed by atoms with Crippen LogP contribution in [0, 0.1) is 16.0 Å². The van der Waals surface area contributed by atoms with Crippen molar-refractivity contribution in [2.24, 2.45) is 5.92 Å². The molecule has 0 radical (unpaired) electrons. The summed E-state index contributed by atoms with van der Waals surface area (Å²) in [6.07, 6.45) is 6.37. The van der Waals surface area contributed by atoms with Crippen LogP contribution in [0.3, 0.4) is 0 Å². The molecule has 1 aliphatic heterocycles. The summed E-state index contributed by atoms with van der Waals surface area (Å²) in [5.41, 5.74) is 0.394. The predicted molar refractivity (Wildman–Crippen MR) is 109 cm³/mol. The summed E-state index contributed by atoms with van der Waals surface area (Å²) in [6, 6.07) is 6.02. The highest BCUT2D eigenvalue weighted by Gasteiger charge is 2.28. The van der Waals surface area contributed by atoms with Crippen molar-refractivity contribution in [3.63, 3.8) is 0 Å². The van der Waals surface area contributed by atoms with E-state index < -0.39 is 4.92 Å². The van der Waals surface area contributed by atoms with Gasteiger partial charge >= 0.3 is 0 Å². The van der Waals surface area contributed by atoms with E-state index >= 15 is 0 Å². The van der Waals surface area contributed by atoms with E-state index in [4.69, 9.17) is 0 Å². The van der Waals surface area contributed by atoms with E-state index in [0.29, 0.717) is 24.1 Å². The number of benzene rings is 1.